The standard InChI is InChI=1S/C17H25N5O4/c1-3-20(4-2)17(24)21-11-9-19(10-12-21)13-16(23)18-14-7-5-6-8-15(14)22(25)26/h5-8H,3-4,9-13H2,1-2H3,(H,18,23). The molecule has 2 rings (SSSR count). The first kappa shape index (κ1) is 19.6. The third-order valence-corrected chi connectivity index (χ3v) is 4.42. The number of carbonyl (C=O) groups is 2. The number of nitro benzene ring substituents is 1. The lowest BCUT2D eigenvalue weighted by Gasteiger charge is -2.36. The van der Waals surface area contributed by atoms with Crippen LogP contribution in [0.4, 0.5) is 16.2 Å². The molecular formula is C17H25N5O4. The maximum Gasteiger partial charge on any atom is 0.320 e. The highest BCUT2D eigenvalue weighted by molar-refractivity contribution is 5.94. The smallest absolute Gasteiger partial charge is 0.320 e. The average molecular weight is 363 g/mol. The highest BCUT2D eigenvalue weighted by Crippen LogP contribution is 2.23. The normalized spacial score (nSPS) is 14.8. The van der Waals surface area contributed by atoms with E-state index in [1.165, 1.54) is 12.1 Å². The summed E-state index contributed by atoms with van der Waals surface area (Å²) in [5, 5.41) is 13.6. The number of anilines is 1. The number of hydrogen-bond acceptors (Lipinski definition) is 5. The molecule has 0 aromatic heterocycles. The van der Waals surface area contributed by atoms with Gasteiger partial charge in [0.05, 0.1) is 11.5 Å². The molecule has 9 nitrogen and oxygen atoms in total. The van der Waals surface area contributed by atoms with Gasteiger partial charge in [0, 0.05) is 45.3 Å². The summed E-state index contributed by atoms with van der Waals surface area (Å²) >= 11 is 0. The topological polar surface area (TPSA) is 99.0 Å². The second-order valence-electron chi connectivity index (χ2n) is 6.04. The lowest BCUT2D eigenvalue weighted by molar-refractivity contribution is -0.383. The zero-order chi connectivity index (χ0) is 19.1. The van der Waals surface area contributed by atoms with Gasteiger partial charge >= 0.3 is 6.03 Å². The summed E-state index contributed by atoms with van der Waals surface area (Å²) < 4.78 is 0. The van der Waals surface area contributed by atoms with Crippen molar-refractivity contribution in [2.45, 2.75) is 13.8 Å². The summed E-state index contributed by atoms with van der Waals surface area (Å²) in [6.07, 6.45) is 0. The van der Waals surface area contributed by atoms with E-state index in [1.807, 2.05) is 18.7 Å². The van der Waals surface area contributed by atoms with Gasteiger partial charge in [-0.05, 0) is 19.9 Å². The fourth-order valence-electron chi connectivity index (χ4n) is 2.92. The fraction of sp³-hybridized carbons (Fsp3) is 0.529. The largest absolute Gasteiger partial charge is 0.325 e. The monoisotopic (exact) mass is 363 g/mol. The number of benzene rings is 1. The molecule has 1 fully saturated rings. The van der Waals surface area contributed by atoms with E-state index in [9.17, 15) is 19.7 Å². The molecular weight excluding hydrogens is 338 g/mol. The molecule has 1 aromatic carbocycles. The highest BCUT2D eigenvalue weighted by atomic mass is 16.6. The third kappa shape index (κ3) is 4.92. The highest BCUT2D eigenvalue weighted by Gasteiger charge is 2.25. The second kappa shape index (κ2) is 9.14. The Labute approximate surface area is 152 Å². The molecule has 1 N–H and O–H groups in total. The minimum absolute atomic E-state index is 0.0269. The first-order chi connectivity index (χ1) is 12.5. The van der Waals surface area contributed by atoms with Crippen molar-refractivity contribution < 1.29 is 14.5 Å². The summed E-state index contributed by atoms with van der Waals surface area (Å²) in [6.45, 7) is 7.70. The van der Waals surface area contributed by atoms with E-state index in [1.54, 1.807) is 21.9 Å². The Bertz CT molecular complexity index is 654. The molecule has 142 valence electrons. The van der Waals surface area contributed by atoms with Gasteiger partial charge in [0.25, 0.3) is 5.69 Å². The molecule has 1 aromatic rings. The molecule has 0 radical (unpaired) electrons. The zero-order valence-electron chi connectivity index (χ0n) is 15.2. The number of hydrogen-bond donors (Lipinski definition) is 1. The predicted octanol–water partition coefficient (Wildman–Crippen LogP) is 1.61. The quantitative estimate of drug-likeness (QED) is 0.611. The Morgan fingerprint density at radius 2 is 1.77 bits per heavy atom. The molecule has 1 heterocycles. The van der Waals surface area contributed by atoms with Crippen LogP contribution in [0.1, 0.15) is 13.8 Å². The molecule has 0 bridgehead atoms. The van der Waals surface area contributed by atoms with Crippen molar-refractivity contribution in [3.63, 3.8) is 0 Å². The number of urea groups is 1. The van der Waals surface area contributed by atoms with Crippen molar-refractivity contribution in [1.82, 2.24) is 14.7 Å². The number of amides is 3. The number of nitrogens with one attached hydrogen (secondary N) is 1. The third-order valence-electron chi connectivity index (χ3n) is 4.42. The molecule has 0 unspecified atom stereocenters. The fourth-order valence-corrected chi connectivity index (χ4v) is 2.92. The van der Waals surface area contributed by atoms with Crippen molar-refractivity contribution in [3.8, 4) is 0 Å². The van der Waals surface area contributed by atoms with Gasteiger partial charge in [-0.3, -0.25) is 19.8 Å². The van der Waals surface area contributed by atoms with Crippen LogP contribution in [-0.4, -0.2) is 77.4 Å². The molecule has 0 spiro atoms. The molecule has 1 aliphatic rings. The predicted molar refractivity (Wildman–Crippen MR) is 98.1 cm³/mol. The van der Waals surface area contributed by atoms with Gasteiger partial charge in [-0.1, -0.05) is 12.1 Å². The van der Waals surface area contributed by atoms with E-state index in [-0.39, 0.29) is 29.9 Å². The second-order valence-corrected chi connectivity index (χ2v) is 6.04. The van der Waals surface area contributed by atoms with E-state index in [4.69, 9.17) is 0 Å². The average Bonchev–Trinajstić information content (AvgIpc) is 2.63. The Balaban J connectivity index is 1.85. The maximum atomic E-state index is 12.3. The number of para-hydroxylation sites is 2. The van der Waals surface area contributed by atoms with Crippen LogP contribution in [0.25, 0.3) is 0 Å². The van der Waals surface area contributed by atoms with Crippen LogP contribution < -0.4 is 5.32 Å². The molecule has 26 heavy (non-hydrogen) atoms. The van der Waals surface area contributed by atoms with Crippen molar-refractivity contribution in [2.75, 3.05) is 51.1 Å². The number of nitrogens with zero attached hydrogens (tertiary/aromatic N) is 4. The van der Waals surface area contributed by atoms with E-state index in [0.717, 1.165) is 0 Å². The lowest BCUT2D eigenvalue weighted by atomic mass is 10.2. The van der Waals surface area contributed by atoms with Gasteiger partial charge in [0.2, 0.25) is 5.91 Å². The number of rotatable bonds is 6. The molecule has 1 aliphatic heterocycles. The van der Waals surface area contributed by atoms with Gasteiger partial charge in [-0.2, -0.15) is 0 Å². The van der Waals surface area contributed by atoms with E-state index >= 15 is 0 Å². The Hall–Kier alpha value is -2.68. The molecule has 0 saturated carbocycles. The van der Waals surface area contributed by atoms with Gasteiger partial charge < -0.3 is 15.1 Å². The minimum Gasteiger partial charge on any atom is -0.325 e. The van der Waals surface area contributed by atoms with E-state index in [0.29, 0.717) is 39.3 Å². The minimum atomic E-state index is -0.521. The Kier molecular flexibility index (Phi) is 6.90. The van der Waals surface area contributed by atoms with Crippen molar-refractivity contribution in [3.05, 3.63) is 34.4 Å². The van der Waals surface area contributed by atoms with Gasteiger partial charge in [-0.25, -0.2) is 4.79 Å². The van der Waals surface area contributed by atoms with Crippen LogP contribution in [-0.2, 0) is 4.79 Å². The summed E-state index contributed by atoms with van der Waals surface area (Å²) in [6, 6.07) is 6.09. The molecule has 9 heteroatoms. The molecule has 0 aliphatic carbocycles. The summed E-state index contributed by atoms with van der Waals surface area (Å²) in [7, 11) is 0. The summed E-state index contributed by atoms with van der Waals surface area (Å²) in [5.41, 5.74) is 0.0633. The van der Waals surface area contributed by atoms with E-state index in [2.05, 4.69) is 5.32 Å². The van der Waals surface area contributed by atoms with Crippen molar-refractivity contribution in [2.24, 2.45) is 0 Å². The summed E-state index contributed by atoms with van der Waals surface area (Å²) in [5.74, 6) is -0.303. The van der Waals surface area contributed by atoms with Crippen molar-refractivity contribution in [1.29, 1.82) is 0 Å². The SMILES string of the molecule is CCN(CC)C(=O)N1CCN(CC(=O)Nc2ccccc2[N+](=O)[O-])CC1. The summed E-state index contributed by atoms with van der Waals surface area (Å²) in [4.78, 5) is 40.5. The zero-order valence-corrected chi connectivity index (χ0v) is 15.2. The molecule has 1 saturated heterocycles. The maximum absolute atomic E-state index is 12.3. The Morgan fingerprint density at radius 3 is 2.35 bits per heavy atom. The van der Waals surface area contributed by atoms with Gasteiger partial charge in [0.15, 0.2) is 0 Å². The molecule has 0 atom stereocenters. The van der Waals surface area contributed by atoms with Crippen LogP contribution in [0.2, 0.25) is 0 Å². The number of nitro groups is 1. The Morgan fingerprint density at radius 1 is 1.15 bits per heavy atom. The van der Waals surface area contributed by atoms with Crippen LogP contribution in [0, 0.1) is 10.1 Å². The van der Waals surface area contributed by atoms with E-state index < -0.39 is 4.92 Å². The lowest BCUT2D eigenvalue weighted by Crippen LogP contribution is -2.53. The first-order valence-corrected chi connectivity index (χ1v) is 8.75. The number of carbonyl (C=O) groups excluding carboxylic acids is 2. The van der Waals surface area contributed by atoms with Crippen LogP contribution in [0.5, 0.6) is 0 Å². The van der Waals surface area contributed by atoms with Gasteiger partial charge in [0.1, 0.15) is 5.69 Å². The van der Waals surface area contributed by atoms with Crippen LogP contribution in [0.3, 0.4) is 0 Å². The first-order valence-electron chi connectivity index (χ1n) is 8.75. The van der Waals surface area contributed by atoms with Crippen LogP contribution in [0.15, 0.2) is 24.3 Å². The van der Waals surface area contributed by atoms with Crippen LogP contribution >= 0.6 is 0 Å². The number of piperazine rings is 1. The van der Waals surface area contributed by atoms with Crippen molar-refractivity contribution >= 4 is 23.3 Å². The molecule has 3 amide bonds. The van der Waals surface area contributed by atoms with Gasteiger partial charge in [-0.15, -0.1) is 0 Å².